The molecule has 0 unspecified atom stereocenters. The quantitative estimate of drug-likeness (QED) is 0.698. The Morgan fingerprint density at radius 3 is 2.31 bits per heavy atom. The normalized spacial score (nSPS) is 18.7. The fraction of sp³-hybridized carbons (Fsp3) is 0.900. The predicted molar refractivity (Wildman–Crippen MR) is 61.1 cm³/mol. The van der Waals surface area contributed by atoms with Gasteiger partial charge in [0, 0.05) is 6.54 Å². The Hall–Kier alpha value is -0.620. The van der Waals surface area contributed by atoms with Crippen molar-refractivity contribution in [3.63, 3.8) is 0 Å². The zero-order valence-electron chi connectivity index (χ0n) is 9.77. The van der Waals surface area contributed by atoms with Crippen LogP contribution in [0.5, 0.6) is 0 Å². The van der Waals surface area contributed by atoms with E-state index in [2.05, 4.69) is 0 Å². The Bertz CT molecular complexity index is 357. The molecule has 1 saturated carbocycles. The summed E-state index contributed by atoms with van der Waals surface area (Å²) in [6.07, 6.45) is 1.43. The van der Waals surface area contributed by atoms with E-state index in [0.717, 1.165) is 12.8 Å². The van der Waals surface area contributed by atoms with Gasteiger partial charge in [-0.25, -0.2) is 8.42 Å². The van der Waals surface area contributed by atoms with Gasteiger partial charge in [0.2, 0.25) is 0 Å². The van der Waals surface area contributed by atoms with Crippen molar-refractivity contribution in [2.45, 2.75) is 19.3 Å². The first-order valence-electron chi connectivity index (χ1n) is 5.32. The fourth-order valence-electron chi connectivity index (χ4n) is 1.73. The van der Waals surface area contributed by atoms with E-state index >= 15 is 0 Å². The van der Waals surface area contributed by atoms with Crippen LogP contribution in [-0.4, -0.2) is 56.5 Å². The Balaban J connectivity index is 2.49. The van der Waals surface area contributed by atoms with Crippen LogP contribution in [0.15, 0.2) is 0 Å². The van der Waals surface area contributed by atoms with E-state index in [9.17, 15) is 13.2 Å². The molecule has 1 aliphatic carbocycles. The minimum absolute atomic E-state index is 0.0196. The minimum Gasteiger partial charge on any atom is -0.481 e. The summed E-state index contributed by atoms with van der Waals surface area (Å²) in [5.74, 6) is -0.762. The lowest BCUT2D eigenvalue weighted by atomic mass is 10.1. The molecule has 0 spiro atoms. The lowest BCUT2D eigenvalue weighted by Crippen LogP contribution is -2.27. The minimum atomic E-state index is -3.12. The maximum atomic E-state index is 11.8. The highest BCUT2D eigenvalue weighted by atomic mass is 32.2. The summed E-state index contributed by atoms with van der Waals surface area (Å²) in [4.78, 5) is 12.4. The van der Waals surface area contributed by atoms with E-state index < -0.39 is 21.2 Å². The van der Waals surface area contributed by atoms with Crippen LogP contribution in [0.1, 0.15) is 19.3 Å². The Morgan fingerprint density at radius 2 is 1.94 bits per heavy atom. The van der Waals surface area contributed by atoms with Crippen LogP contribution < -0.4 is 0 Å². The molecule has 16 heavy (non-hydrogen) atoms. The van der Waals surface area contributed by atoms with E-state index in [1.807, 2.05) is 19.0 Å². The highest BCUT2D eigenvalue weighted by Gasteiger charge is 2.47. The van der Waals surface area contributed by atoms with Crippen molar-refractivity contribution in [1.82, 2.24) is 4.90 Å². The molecule has 0 atom stereocenters. The third-order valence-corrected chi connectivity index (χ3v) is 4.72. The van der Waals surface area contributed by atoms with Crippen LogP contribution in [0, 0.1) is 5.41 Å². The van der Waals surface area contributed by atoms with Crippen molar-refractivity contribution >= 4 is 15.8 Å². The number of aliphatic carboxylic acids is 1. The standard InChI is InChI=1S/C10H19NO4S/c1-11(2)5-6-16(14,15)8-10(3-4-10)7-9(12)13/h3-8H2,1-2H3,(H,12,13). The Morgan fingerprint density at radius 1 is 1.38 bits per heavy atom. The molecular formula is C10H19NO4S. The molecule has 0 saturated heterocycles. The van der Waals surface area contributed by atoms with Crippen LogP contribution in [-0.2, 0) is 14.6 Å². The molecule has 0 radical (unpaired) electrons. The van der Waals surface area contributed by atoms with Gasteiger partial charge in [-0.05, 0) is 32.4 Å². The van der Waals surface area contributed by atoms with Crippen LogP contribution in [0.25, 0.3) is 0 Å². The highest BCUT2D eigenvalue weighted by Crippen LogP contribution is 2.49. The highest BCUT2D eigenvalue weighted by molar-refractivity contribution is 7.91. The van der Waals surface area contributed by atoms with Gasteiger partial charge in [0.25, 0.3) is 0 Å². The summed E-state index contributed by atoms with van der Waals surface area (Å²) in [6, 6.07) is 0. The number of hydrogen-bond donors (Lipinski definition) is 1. The third kappa shape index (κ3) is 4.49. The molecular weight excluding hydrogens is 230 g/mol. The number of carboxylic acid groups (broad SMARTS) is 1. The second-order valence-electron chi connectivity index (χ2n) is 4.97. The molecule has 6 heteroatoms. The van der Waals surface area contributed by atoms with E-state index in [-0.39, 0.29) is 17.9 Å². The molecule has 0 heterocycles. The van der Waals surface area contributed by atoms with Crippen molar-refractivity contribution in [3.05, 3.63) is 0 Å². The zero-order valence-corrected chi connectivity index (χ0v) is 10.6. The summed E-state index contributed by atoms with van der Waals surface area (Å²) in [7, 11) is 0.516. The summed E-state index contributed by atoms with van der Waals surface area (Å²) >= 11 is 0. The van der Waals surface area contributed by atoms with Crippen molar-refractivity contribution in [1.29, 1.82) is 0 Å². The van der Waals surface area contributed by atoms with Gasteiger partial charge < -0.3 is 10.0 Å². The first-order chi connectivity index (χ1) is 7.25. The predicted octanol–water partition coefficient (Wildman–Crippen LogP) is 0.218. The molecule has 94 valence electrons. The van der Waals surface area contributed by atoms with Crippen molar-refractivity contribution in [3.8, 4) is 0 Å². The number of carboxylic acids is 1. The maximum Gasteiger partial charge on any atom is 0.303 e. The zero-order chi connectivity index (χ0) is 12.4. The maximum absolute atomic E-state index is 11.8. The van der Waals surface area contributed by atoms with Crippen molar-refractivity contribution in [2.75, 3.05) is 32.1 Å². The fourth-order valence-corrected chi connectivity index (χ4v) is 3.84. The molecule has 1 N–H and O–H groups in total. The summed E-state index contributed by atoms with van der Waals surface area (Å²) in [6.45, 7) is 0.492. The van der Waals surface area contributed by atoms with E-state index in [1.54, 1.807) is 0 Å². The van der Waals surface area contributed by atoms with E-state index in [1.165, 1.54) is 0 Å². The lowest BCUT2D eigenvalue weighted by Gasteiger charge is -2.14. The van der Waals surface area contributed by atoms with Gasteiger partial charge in [0.1, 0.15) is 0 Å². The molecule has 1 aliphatic rings. The monoisotopic (exact) mass is 249 g/mol. The van der Waals surface area contributed by atoms with Gasteiger partial charge in [0.05, 0.1) is 17.9 Å². The van der Waals surface area contributed by atoms with Crippen LogP contribution >= 0.6 is 0 Å². The van der Waals surface area contributed by atoms with Gasteiger partial charge in [0.15, 0.2) is 9.84 Å². The second kappa shape index (κ2) is 4.71. The first kappa shape index (κ1) is 13.4. The van der Waals surface area contributed by atoms with Crippen LogP contribution in [0.2, 0.25) is 0 Å². The topological polar surface area (TPSA) is 74.7 Å². The van der Waals surface area contributed by atoms with Crippen LogP contribution in [0.3, 0.4) is 0 Å². The third-order valence-electron chi connectivity index (χ3n) is 2.86. The number of sulfone groups is 1. The number of hydrogen-bond acceptors (Lipinski definition) is 4. The molecule has 0 aromatic heterocycles. The molecule has 1 rings (SSSR count). The van der Waals surface area contributed by atoms with Crippen molar-refractivity contribution in [2.24, 2.45) is 5.41 Å². The van der Waals surface area contributed by atoms with Crippen LogP contribution in [0.4, 0.5) is 0 Å². The number of nitrogens with zero attached hydrogens (tertiary/aromatic N) is 1. The Labute approximate surface area is 96.4 Å². The number of carbonyl (C=O) groups is 1. The lowest BCUT2D eigenvalue weighted by molar-refractivity contribution is -0.138. The Kier molecular flexibility index (Phi) is 3.96. The van der Waals surface area contributed by atoms with Crippen molar-refractivity contribution < 1.29 is 18.3 Å². The molecule has 0 aromatic carbocycles. The summed E-state index contributed by atoms with van der Waals surface area (Å²) < 4.78 is 23.5. The summed E-state index contributed by atoms with van der Waals surface area (Å²) in [5.41, 5.74) is -0.461. The molecule has 5 nitrogen and oxygen atoms in total. The van der Waals surface area contributed by atoms with E-state index in [4.69, 9.17) is 5.11 Å². The van der Waals surface area contributed by atoms with Gasteiger partial charge in [-0.1, -0.05) is 0 Å². The molecule has 0 bridgehead atoms. The van der Waals surface area contributed by atoms with Gasteiger partial charge in [-0.15, -0.1) is 0 Å². The van der Waals surface area contributed by atoms with Gasteiger partial charge in [-0.2, -0.15) is 0 Å². The van der Waals surface area contributed by atoms with E-state index in [0.29, 0.717) is 6.54 Å². The SMILES string of the molecule is CN(C)CCS(=O)(=O)CC1(CC(=O)O)CC1. The smallest absolute Gasteiger partial charge is 0.303 e. The van der Waals surface area contributed by atoms with Gasteiger partial charge in [-0.3, -0.25) is 4.79 Å². The number of rotatable bonds is 7. The average Bonchev–Trinajstić information content (AvgIpc) is 2.79. The molecule has 0 aliphatic heterocycles. The molecule has 1 fully saturated rings. The summed E-state index contributed by atoms with van der Waals surface area (Å²) in [5, 5.41) is 8.70. The molecule has 0 aromatic rings. The molecule has 0 amide bonds. The first-order valence-corrected chi connectivity index (χ1v) is 7.14. The largest absolute Gasteiger partial charge is 0.481 e. The van der Waals surface area contributed by atoms with Gasteiger partial charge >= 0.3 is 5.97 Å². The second-order valence-corrected chi connectivity index (χ2v) is 7.15. The average molecular weight is 249 g/mol.